The molecule has 0 amide bonds. The number of benzene rings is 1. The summed E-state index contributed by atoms with van der Waals surface area (Å²) >= 11 is 3.30. The van der Waals surface area contributed by atoms with Gasteiger partial charge in [-0.3, -0.25) is 0 Å². The highest BCUT2D eigenvalue weighted by Crippen LogP contribution is 2.36. The first-order valence-corrected chi connectivity index (χ1v) is 6.40. The summed E-state index contributed by atoms with van der Waals surface area (Å²) in [5.41, 5.74) is 1.22. The van der Waals surface area contributed by atoms with Gasteiger partial charge in [-0.1, -0.05) is 6.07 Å². The van der Waals surface area contributed by atoms with Crippen LogP contribution in [0.5, 0.6) is 5.75 Å². The molecule has 0 fully saturated rings. The molecule has 0 aliphatic rings. The quantitative estimate of drug-likeness (QED) is 0.868. The monoisotopic (exact) mass is 320 g/mol. The van der Waals surface area contributed by atoms with Crippen LogP contribution in [-0.4, -0.2) is 24.2 Å². The summed E-state index contributed by atoms with van der Waals surface area (Å²) in [6.07, 6.45) is 1.64. The lowest BCUT2D eigenvalue weighted by Gasteiger charge is -2.14. The van der Waals surface area contributed by atoms with E-state index in [0.29, 0.717) is 11.5 Å². The first-order valence-electron chi connectivity index (χ1n) is 5.60. The zero-order valence-corrected chi connectivity index (χ0v) is 12.2. The van der Waals surface area contributed by atoms with E-state index in [1.807, 2.05) is 31.1 Å². The number of rotatable bonds is 3. The van der Waals surface area contributed by atoms with Gasteiger partial charge in [0.1, 0.15) is 5.75 Å². The molecule has 0 atom stereocenters. The number of nitrogens with zero attached hydrogens (tertiary/aromatic N) is 4. The first-order chi connectivity index (χ1) is 9.08. The molecule has 1 heterocycles. The number of pyridine rings is 1. The molecule has 6 heteroatoms. The SMILES string of the molecule is CN(C)c1cccc(O)c1N=Nc1ccc(Br)cn1. The zero-order chi connectivity index (χ0) is 13.8. The smallest absolute Gasteiger partial charge is 0.174 e. The van der Waals surface area contributed by atoms with E-state index in [1.165, 1.54) is 0 Å². The average Bonchev–Trinajstić information content (AvgIpc) is 2.39. The van der Waals surface area contributed by atoms with Crippen molar-refractivity contribution in [2.45, 2.75) is 0 Å². The van der Waals surface area contributed by atoms with Crippen LogP contribution in [0, 0.1) is 0 Å². The predicted octanol–water partition coefficient (Wildman–Crippen LogP) is 4.03. The predicted molar refractivity (Wildman–Crippen MR) is 78.5 cm³/mol. The topological polar surface area (TPSA) is 61.1 Å². The Morgan fingerprint density at radius 1 is 1.16 bits per heavy atom. The molecule has 0 aliphatic heterocycles. The molecular weight excluding hydrogens is 308 g/mol. The minimum Gasteiger partial charge on any atom is -0.506 e. The Labute approximate surface area is 119 Å². The number of aromatic nitrogens is 1. The third-order valence-corrected chi connectivity index (χ3v) is 2.91. The first kappa shape index (κ1) is 13.5. The summed E-state index contributed by atoms with van der Waals surface area (Å²) in [6, 6.07) is 8.78. The van der Waals surface area contributed by atoms with Crippen molar-refractivity contribution in [2.24, 2.45) is 10.2 Å². The molecule has 0 aliphatic carbocycles. The van der Waals surface area contributed by atoms with E-state index in [-0.39, 0.29) is 5.75 Å². The molecule has 19 heavy (non-hydrogen) atoms. The highest BCUT2D eigenvalue weighted by atomic mass is 79.9. The van der Waals surface area contributed by atoms with E-state index < -0.39 is 0 Å². The number of phenolic OH excluding ortho intramolecular Hbond substituents is 1. The minimum atomic E-state index is 0.0899. The van der Waals surface area contributed by atoms with Gasteiger partial charge in [0, 0.05) is 24.8 Å². The fraction of sp³-hybridized carbons (Fsp3) is 0.154. The van der Waals surface area contributed by atoms with Crippen LogP contribution in [0.25, 0.3) is 0 Å². The van der Waals surface area contributed by atoms with Gasteiger partial charge in [0.25, 0.3) is 0 Å². The summed E-state index contributed by atoms with van der Waals surface area (Å²) < 4.78 is 0.878. The van der Waals surface area contributed by atoms with Crippen molar-refractivity contribution in [3.8, 4) is 5.75 Å². The second kappa shape index (κ2) is 5.79. The number of anilines is 1. The van der Waals surface area contributed by atoms with Crippen molar-refractivity contribution in [1.82, 2.24) is 4.98 Å². The maximum atomic E-state index is 9.85. The van der Waals surface area contributed by atoms with Crippen LogP contribution in [0.2, 0.25) is 0 Å². The molecule has 0 spiro atoms. The highest BCUT2D eigenvalue weighted by molar-refractivity contribution is 9.10. The zero-order valence-electron chi connectivity index (χ0n) is 10.6. The van der Waals surface area contributed by atoms with Gasteiger partial charge in [0.2, 0.25) is 0 Å². The lowest BCUT2D eigenvalue weighted by Crippen LogP contribution is -2.08. The van der Waals surface area contributed by atoms with Crippen LogP contribution in [0.1, 0.15) is 0 Å². The van der Waals surface area contributed by atoms with Crippen molar-refractivity contribution in [2.75, 3.05) is 19.0 Å². The second-order valence-electron chi connectivity index (χ2n) is 4.07. The molecule has 0 saturated carbocycles. The molecule has 0 bridgehead atoms. The van der Waals surface area contributed by atoms with Crippen LogP contribution >= 0.6 is 15.9 Å². The number of azo groups is 1. The molecule has 0 saturated heterocycles. The number of hydrogen-bond acceptors (Lipinski definition) is 5. The number of aromatic hydroxyl groups is 1. The molecule has 5 nitrogen and oxygen atoms in total. The minimum absolute atomic E-state index is 0.0899. The molecule has 2 rings (SSSR count). The normalized spacial score (nSPS) is 10.9. The molecule has 1 N–H and O–H groups in total. The molecule has 0 unspecified atom stereocenters. The van der Waals surface area contributed by atoms with E-state index in [2.05, 4.69) is 31.1 Å². The van der Waals surface area contributed by atoms with E-state index in [1.54, 1.807) is 24.4 Å². The highest BCUT2D eigenvalue weighted by Gasteiger charge is 2.08. The summed E-state index contributed by atoms with van der Waals surface area (Å²) in [5, 5.41) is 18.0. The Morgan fingerprint density at radius 3 is 2.58 bits per heavy atom. The molecule has 1 aromatic carbocycles. The Morgan fingerprint density at radius 2 is 1.95 bits per heavy atom. The van der Waals surface area contributed by atoms with Crippen LogP contribution in [0.3, 0.4) is 0 Å². The van der Waals surface area contributed by atoms with Crippen molar-refractivity contribution >= 4 is 33.1 Å². The van der Waals surface area contributed by atoms with Crippen LogP contribution in [-0.2, 0) is 0 Å². The molecule has 2 aromatic rings. The molecule has 0 radical (unpaired) electrons. The van der Waals surface area contributed by atoms with Crippen LogP contribution in [0.4, 0.5) is 17.2 Å². The number of halogens is 1. The van der Waals surface area contributed by atoms with E-state index in [4.69, 9.17) is 0 Å². The fourth-order valence-corrected chi connectivity index (χ4v) is 1.75. The third-order valence-electron chi connectivity index (χ3n) is 2.44. The Bertz CT molecular complexity index is 596. The van der Waals surface area contributed by atoms with Gasteiger partial charge >= 0.3 is 0 Å². The standard InChI is InChI=1S/C13H13BrN4O/c1-18(2)10-4-3-5-11(19)13(10)17-16-12-7-6-9(14)8-15-12/h3-8,19H,1-2H3. The van der Waals surface area contributed by atoms with Crippen LogP contribution in [0.15, 0.2) is 51.2 Å². The Kier molecular flexibility index (Phi) is 4.11. The van der Waals surface area contributed by atoms with Crippen molar-refractivity contribution in [3.05, 3.63) is 41.0 Å². The van der Waals surface area contributed by atoms with Gasteiger partial charge in [0.15, 0.2) is 11.5 Å². The van der Waals surface area contributed by atoms with Crippen LogP contribution < -0.4 is 4.90 Å². The maximum Gasteiger partial charge on any atom is 0.174 e. The van der Waals surface area contributed by atoms with Gasteiger partial charge < -0.3 is 10.0 Å². The molecule has 98 valence electrons. The summed E-state index contributed by atoms with van der Waals surface area (Å²) in [6.45, 7) is 0. The van der Waals surface area contributed by atoms with Gasteiger partial charge in [-0.15, -0.1) is 10.2 Å². The van der Waals surface area contributed by atoms with E-state index in [0.717, 1.165) is 10.2 Å². The molecular formula is C13H13BrN4O. The lowest BCUT2D eigenvalue weighted by molar-refractivity contribution is 0.476. The van der Waals surface area contributed by atoms with Gasteiger partial charge in [-0.25, -0.2) is 4.98 Å². The van der Waals surface area contributed by atoms with Gasteiger partial charge in [-0.05, 0) is 40.2 Å². The Balaban J connectivity index is 2.35. The molecule has 1 aromatic heterocycles. The number of hydrogen-bond donors (Lipinski definition) is 1. The summed E-state index contributed by atoms with van der Waals surface area (Å²) in [4.78, 5) is 5.96. The van der Waals surface area contributed by atoms with Gasteiger partial charge in [0.05, 0.1) is 5.69 Å². The maximum absolute atomic E-state index is 9.85. The largest absolute Gasteiger partial charge is 0.506 e. The van der Waals surface area contributed by atoms with Crippen molar-refractivity contribution in [1.29, 1.82) is 0 Å². The van der Waals surface area contributed by atoms with E-state index in [9.17, 15) is 5.11 Å². The average molecular weight is 321 g/mol. The van der Waals surface area contributed by atoms with Gasteiger partial charge in [-0.2, -0.15) is 0 Å². The fourth-order valence-electron chi connectivity index (χ4n) is 1.51. The third kappa shape index (κ3) is 3.29. The lowest BCUT2D eigenvalue weighted by atomic mass is 10.2. The number of phenols is 1. The Hall–Kier alpha value is -1.95. The summed E-state index contributed by atoms with van der Waals surface area (Å²) in [5.74, 6) is 0.572. The second-order valence-corrected chi connectivity index (χ2v) is 4.99. The van der Waals surface area contributed by atoms with E-state index >= 15 is 0 Å². The van der Waals surface area contributed by atoms with Crippen molar-refractivity contribution in [3.63, 3.8) is 0 Å². The summed E-state index contributed by atoms with van der Waals surface area (Å²) in [7, 11) is 3.76. The van der Waals surface area contributed by atoms with Crippen molar-refractivity contribution < 1.29 is 5.11 Å².